The fourth-order valence-corrected chi connectivity index (χ4v) is 4.11. The summed E-state index contributed by atoms with van der Waals surface area (Å²) in [5.74, 6) is 0.281. The highest BCUT2D eigenvalue weighted by Crippen LogP contribution is 2.23. The van der Waals surface area contributed by atoms with Crippen molar-refractivity contribution < 1.29 is 14.2 Å². The van der Waals surface area contributed by atoms with Crippen molar-refractivity contribution in [3.8, 4) is 11.8 Å². The number of hydrogen-bond acceptors (Lipinski definition) is 5. The smallest absolute Gasteiger partial charge is 0.163 e. The Bertz CT molecular complexity index is 1090. The lowest BCUT2D eigenvalue weighted by atomic mass is 10.0. The number of hydrogen-bond donors (Lipinski definition) is 0. The first-order valence-electron chi connectivity index (χ1n) is 12.1. The number of aliphatic imine (C=N–C) groups is 1. The summed E-state index contributed by atoms with van der Waals surface area (Å²) in [5.41, 5.74) is 4.12. The van der Waals surface area contributed by atoms with Crippen LogP contribution < -0.4 is 4.74 Å². The summed E-state index contributed by atoms with van der Waals surface area (Å²) >= 11 is 0. The molecule has 5 heteroatoms. The minimum atomic E-state index is -0.536. The molecule has 0 spiro atoms. The highest BCUT2D eigenvalue weighted by atomic mass is 16.7. The molecule has 2 atom stereocenters. The minimum Gasteiger partial charge on any atom is -0.491 e. The lowest BCUT2D eigenvalue weighted by molar-refractivity contribution is -0.141. The Labute approximate surface area is 208 Å². The Balaban J connectivity index is 1.32. The van der Waals surface area contributed by atoms with Gasteiger partial charge in [-0.15, -0.1) is 0 Å². The van der Waals surface area contributed by atoms with Crippen LogP contribution in [-0.2, 0) is 15.9 Å². The van der Waals surface area contributed by atoms with Crippen LogP contribution in [-0.4, -0.2) is 36.9 Å². The molecule has 0 radical (unpaired) electrons. The van der Waals surface area contributed by atoms with Crippen molar-refractivity contribution in [3.63, 3.8) is 0 Å². The molecule has 5 nitrogen and oxygen atoms in total. The van der Waals surface area contributed by atoms with Gasteiger partial charge >= 0.3 is 0 Å². The zero-order valence-corrected chi connectivity index (χ0v) is 20.4. The van der Waals surface area contributed by atoms with Gasteiger partial charge in [0.15, 0.2) is 5.79 Å². The van der Waals surface area contributed by atoms with Crippen LogP contribution in [0.1, 0.15) is 43.4 Å². The number of nitriles is 1. The average Bonchev–Trinajstić information content (AvgIpc) is 3.25. The predicted octanol–water partition coefficient (Wildman–Crippen LogP) is 5.97. The van der Waals surface area contributed by atoms with E-state index in [0.29, 0.717) is 19.6 Å². The summed E-state index contributed by atoms with van der Waals surface area (Å²) in [5, 5.41) is 9.79. The van der Waals surface area contributed by atoms with Gasteiger partial charge < -0.3 is 14.2 Å². The highest BCUT2D eigenvalue weighted by Gasteiger charge is 2.32. The molecule has 1 fully saturated rings. The van der Waals surface area contributed by atoms with Gasteiger partial charge in [-0.25, -0.2) is 0 Å². The number of benzene rings is 3. The molecule has 3 aromatic carbocycles. The van der Waals surface area contributed by atoms with Gasteiger partial charge in [-0.1, -0.05) is 72.8 Å². The second-order valence-corrected chi connectivity index (χ2v) is 9.15. The van der Waals surface area contributed by atoms with Gasteiger partial charge in [-0.05, 0) is 50.8 Å². The Kier molecular flexibility index (Phi) is 8.31. The summed E-state index contributed by atoms with van der Waals surface area (Å²) in [4.78, 5) is 4.87. The van der Waals surface area contributed by atoms with E-state index in [0.717, 1.165) is 35.4 Å². The van der Waals surface area contributed by atoms with E-state index >= 15 is 0 Å². The van der Waals surface area contributed by atoms with Crippen LogP contribution in [0.25, 0.3) is 0 Å². The Hall–Kier alpha value is -3.46. The number of ether oxygens (including phenoxy) is 3. The van der Waals surface area contributed by atoms with E-state index in [1.165, 1.54) is 5.56 Å². The molecule has 0 aliphatic carbocycles. The van der Waals surface area contributed by atoms with Crippen molar-refractivity contribution in [1.82, 2.24) is 0 Å². The monoisotopic (exact) mass is 468 g/mol. The molecule has 35 heavy (non-hydrogen) atoms. The van der Waals surface area contributed by atoms with Gasteiger partial charge in [0, 0.05) is 11.1 Å². The summed E-state index contributed by atoms with van der Waals surface area (Å²) in [7, 11) is 0. The van der Waals surface area contributed by atoms with Gasteiger partial charge in [-0.2, -0.15) is 5.26 Å². The second kappa shape index (κ2) is 11.8. The van der Waals surface area contributed by atoms with Gasteiger partial charge in [0.25, 0.3) is 0 Å². The van der Waals surface area contributed by atoms with E-state index < -0.39 is 11.8 Å². The first-order valence-corrected chi connectivity index (χ1v) is 12.1. The van der Waals surface area contributed by atoms with E-state index in [1.807, 2.05) is 86.6 Å². The Morgan fingerprint density at radius 1 is 1.00 bits per heavy atom. The van der Waals surface area contributed by atoms with Crippen molar-refractivity contribution in [1.29, 1.82) is 5.26 Å². The van der Waals surface area contributed by atoms with Crippen LogP contribution >= 0.6 is 0 Å². The Morgan fingerprint density at radius 2 is 1.63 bits per heavy atom. The standard InChI is InChI=1S/C30H32N2O3/c1-30(2)34-22-28(35-30)21-33-27-18-16-23(17-19-27)10-9-15-26(20-31)32-29(24-11-5-3-6-12-24)25-13-7-4-8-14-25/h3-8,11-14,16-19,26,28H,9-10,15,21-22H2,1-2H3. The van der Waals surface area contributed by atoms with E-state index in [-0.39, 0.29) is 6.10 Å². The molecule has 0 bridgehead atoms. The van der Waals surface area contributed by atoms with Gasteiger partial charge in [0.2, 0.25) is 0 Å². The molecule has 3 aromatic rings. The van der Waals surface area contributed by atoms with Crippen LogP contribution in [0.2, 0.25) is 0 Å². The third-order valence-electron chi connectivity index (χ3n) is 5.90. The fraction of sp³-hybridized carbons (Fsp3) is 0.333. The van der Waals surface area contributed by atoms with Gasteiger partial charge in [0.1, 0.15) is 24.5 Å². The molecule has 180 valence electrons. The molecule has 1 aliphatic heterocycles. The van der Waals surface area contributed by atoms with E-state index in [2.05, 4.69) is 18.2 Å². The molecular weight excluding hydrogens is 436 g/mol. The lowest BCUT2D eigenvalue weighted by Gasteiger charge is -2.17. The highest BCUT2D eigenvalue weighted by molar-refractivity contribution is 6.13. The van der Waals surface area contributed by atoms with Crippen LogP contribution in [0.5, 0.6) is 5.75 Å². The maximum Gasteiger partial charge on any atom is 0.163 e. The maximum atomic E-state index is 9.79. The van der Waals surface area contributed by atoms with Crippen molar-refractivity contribution in [2.75, 3.05) is 13.2 Å². The van der Waals surface area contributed by atoms with Crippen molar-refractivity contribution in [2.24, 2.45) is 4.99 Å². The zero-order chi connectivity index (χ0) is 24.5. The molecule has 4 rings (SSSR count). The third kappa shape index (κ3) is 7.26. The van der Waals surface area contributed by atoms with Crippen LogP contribution in [0.4, 0.5) is 0 Å². The Morgan fingerprint density at radius 3 is 2.17 bits per heavy atom. The largest absolute Gasteiger partial charge is 0.491 e. The quantitative estimate of drug-likeness (QED) is 0.344. The maximum absolute atomic E-state index is 9.79. The first-order chi connectivity index (χ1) is 17.0. The lowest BCUT2D eigenvalue weighted by Crippen LogP contribution is -2.25. The molecule has 0 aromatic heterocycles. The topological polar surface area (TPSA) is 63.8 Å². The fourth-order valence-electron chi connectivity index (χ4n) is 4.11. The van der Waals surface area contributed by atoms with E-state index in [1.54, 1.807) is 0 Å². The molecular formula is C30H32N2O3. The number of rotatable bonds is 10. The first kappa shape index (κ1) is 24.7. The van der Waals surface area contributed by atoms with Crippen molar-refractivity contribution in [3.05, 3.63) is 102 Å². The zero-order valence-electron chi connectivity index (χ0n) is 20.4. The molecule has 1 saturated heterocycles. The number of nitrogens with zero attached hydrogens (tertiary/aromatic N) is 2. The summed E-state index contributed by atoms with van der Waals surface area (Å²) in [6, 6.07) is 30.2. The average molecular weight is 469 g/mol. The summed E-state index contributed by atoms with van der Waals surface area (Å²) < 4.78 is 17.2. The van der Waals surface area contributed by atoms with Gasteiger partial charge in [0.05, 0.1) is 18.4 Å². The van der Waals surface area contributed by atoms with E-state index in [4.69, 9.17) is 19.2 Å². The minimum absolute atomic E-state index is 0.0511. The summed E-state index contributed by atoms with van der Waals surface area (Å²) in [6.45, 7) is 4.84. The normalized spacial score (nSPS) is 17.3. The second-order valence-electron chi connectivity index (χ2n) is 9.15. The molecule has 0 saturated carbocycles. The van der Waals surface area contributed by atoms with Crippen LogP contribution in [0, 0.1) is 11.3 Å². The molecule has 1 heterocycles. The van der Waals surface area contributed by atoms with Gasteiger partial charge in [-0.3, -0.25) is 4.99 Å². The molecule has 1 aliphatic rings. The van der Waals surface area contributed by atoms with Crippen molar-refractivity contribution >= 4 is 5.71 Å². The molecule has 0 amide bonds. The SMILES string of the molecule is CC1(C)OCC(COc2ccc(CCCC(C#N)N=C(c3ccccc3)c3ccccc3)cc2)O1. The van der Waals surface area contributed by atoms with Crippen LogP contribution in [0.3, 0.4) is 0 Å². The third-order valence-corrected chi connectivity index (χ3v) is 5.90. The summed E-state index contributed by atoms with van der Waals surface area (Å²) in [6.07, 6.45) is 2.41. The molecule has 2 unspecified atom stereocenters. The van der Waals surface area contributed by atoms with Crippen molar-refractivity contribution in [2.45, 2.75) is 51.0 Å². The van der Waals surface area contributed by atoms with Crippen LogP contribution in [0.15, 0.2) is 89.9 Å². The predicted molar refractivity (Wildman–Crippen MR) is 138 cm³/mol. The molecule has 0 N–H and O–H groups in total. The number of aryl methyl sites for hydroxylation is 1. The van der Waals surface area contributed by atoms with E-state index in [9.17, 15) is 5.26 Å².